The first-order valence-electron chi connectivity index (χ1n) is 13.3. The molecule has 5 aliphatic rings. The second-order valence-electron chi connectivity index (χ2n) is 11.7. The highest BCUT2D eigenvalue weighted by atomic mass is 16.2. The van der Waals surface area contributed by atoms with Crippen LogP contribution in [0.15, 0.2) is 0 Å². The number of rotatable bonds is 6. The molecule has 0 aromatic heterocycles. The molecule has 2 aliphatic heterocycles. The van der Waals surface area contributed by atoms with Crippen LogP contribution in [0, 0.1) is 29.6 Å². The quantitative estimate of drug-likeness (QED) is 0.423. The zero-order valence-electron chi connectivity index (χ0n) is 19.8. The average molecular weight is 446 g/mol. The van der Waals surface area contributed by atoms with E-state index >= 15 is 0 Å². The van der Waals surface area contributed by atoms with E-state index in [4.69, 9.17) is 5.73 Å². The van der Waals surface area contributed by atoms with Crippen LogP contribution in [0.3, 0.4) is 0 Å². The summed E-state index contributed by atoms with van der Waals surface area (Å²) in [7, 11) is 0. The zero-order valence-corrected chi connectivity index (χ0v) is 19.8. The third-order valence-corrected chi connectivity index (χ3v) is 9.33. The summed E-state index contributed by atoms with van der Waals surface area (Å²) in [6.07, 6.45) is 10.1. The van der Waals surface area contributed by atoms with Gasteiger partial charge in [-0.25, -0.2) is 0 Å². The van der Waals surface area contributed by atoms with Crippen molar-refractivity contribution in [3.63, 3.8) is 0 Å². The van der Waals surface area contributed by atoms with E-state index in [1.165, 1.54) is 32.1 Å². The highest BCUT2D eigenvalue weighted by Gasteiger charge is 2.46. The van der Waals surface area contributed by atoms with Crippen molar-refractivity contribution in [3.8, 4) is 0 Å². The molecule has 2 heterocycles. The van der Waals surface area contributed by atoms with Crippen molar-refractivity contribution in [1.82, 2.24) is 21.3 Å². The van der Waals surface area contributed by atoms with Crippen molar-refractivity contribution in [2.45, 2.75) is 108 Å². The molecule has 3 saturated carbocycles. The molecular weight excluding hydrogens is 402 g/mol. The predicted octanol–water partition coefficient (Wildman–Crippen LogP) is 1.27. The first-order valence-corrected chi connectivity index (χ1v) is 13.3. The molecule has 10 atom stereocenters. The van der Waals surface area contributed by atoms with E-state index in [9.17, 15) is 9.59 Å². The predicted molar refractivity (Wildman–Crippen MR) is 125 cm³/mol. The standard InChI is InChI=1S/C25H43N5O2/c1-13-4-3-5-16-11-20(28-21(13)16)25(32)30-23(15-6-7-15)22-14(2)10-17(12-27-22)24(31)29-19-9-8-18(19)26/h13-23,27-28H,3-12,26H2,1-2H3,(H,29,31)(H,30,32)/t13?,14?,16?,17?,18-,19+,20?,21?,22?,23?/m1/s1. The van der Waals surface area contributed by atoms with Gasteiger partial charge in [-0.3, -0.25) is 9.59 Å². The molecule has 0 aromatic carbocycles. The monoisotopic (exact) mass is 445 g/mol. The lowest BCUT2D eigenvalue weighted by molar-refractivity contribution is -0.128. The number of nitrogens with one attached hydrogen (secondary N) is 4. The summed E-state index contributed by atoms with van der Waals surface area (Å²) in [5, 5.41) is 14.0. The molecule has 3 aliphatic carbocycles. The first kappa shape index (κ1) is 22.6. The van der Waals surface area contributed by atoms with E-state index in [0.29, 0.717) is 36.3 Å². The first-order chi connectivity index (χ1) is 15.4. The molecule has 2 saturated heterocycles. The lowest BCUT2D eigenvalue weighted by atomic mass is 9.78. The van der Waals surface area contributed by atoms with Crippen molar-refractivity contribution in [3.05, 3.63) is 0 Å². The van der Waals surface area contributed by atoms with Gasteiger partial charge in [0.2, 0.25) is 11.8 Å². The summed E-state index contributed by atoms with van der Waals surface area (Å²) < 4.78 is 0. The molecule has 6 N–H and O–H groups in total. The van der Waals surface area contributed by atoms with Crippen LogP contribution >= 0.6 is 0 Å². The average Bonchev–Trinajstić information content (AvgIpc) is 3.52. The summed E-state index contributed by atoms with van der Waals surface area (Å²) in [5.41, 5.74) is 6.00. The minimum Gasteiger partial charge on any atom is -0.352 e. The van der Waals surface area contributed by atoms with Gasteiger partial charge >= 0.3 is 0 Å². The van der Waals surface area contributed by atoms with Crippen molar-refractivity contribution in [2.24, 2.45) is 35.3 Å². The number of piperidine rings is 1. The Balaban J connectivity index is 1.16. The van der Waals surface area contributed by atoms with Gasteiger partial charge in [0, 0.05) is 36.8 Å². The second kappa shape index (κ2) is 9.22. The van der Waals surface area contributed by atoms with Crippen LogP contribution in [-0.4, -0.2) is 54.6 Å². The Kier molecular flexibility index (Phi) is 6.52. The molecule has 0 bridgehead atoms. The van der Waals surface area contributed by atoms with Gasteiger partial charge in [0.1, 0.15) is 0 Å². The number of carbonyl (C=O) groups is 2. The van der Waals surface area contributed by atoms with E-state index in [-0.39, 0.29) is 47.9 Å². The van der Waals surface area contributed by atoms with E-state index in [1.807, 2.05) is 0 Å². The number of nitrogens with two attached hydrogens (primary N) is 1. The lowest BCUT2D eigenvalue weighted by Crippen LogP contribution is -2.62. The lowest BCUT2D eigenvalue weighted by Gasteiger charge is -2.41. The van der Waals surface area contributed by atoms with Gasteiger partial charge in [0.25, 0.3) is 0 Å². The van der Waals surface area contributed by atoms with Gasteiger partial charge in [0.15, 0.2) is 0 Å². The molecule has 0 aromatic rings. The fourth-order valence-corrected chi connectivity index (χ4v) is 6.94. The van der Waals surface area contributed by atoms with Crippen LogP contribution in [0.2, 0.25) is 0 Å². The fourth-order valence-electron chi connectivity index (χ4n) is 6.94. The van der Waals surface area contributed by atoms with Gasteiger partial charge in [-0.2, -0.15) is 0 Å². The Hall–Kier alpha value is -1.18. The SMILES string of the molecule is CC1CCCC2CC(C(=O)NC(C3CC3)C3NCC(C(=O)N[C@H]4CC[C@H]4N)CC3C)NC12. The topological polar surface area (TPSA) is 108 Å². The summed E-state index contributed by atoms with van der Waals surface area (Å²) in [6, 6.07) is 1.14. The van der Waals surface area contributed by atoms with E-state index in [2.05, 4.69) is 35.1 Å². The van der Waals surface area contributed by atoms with Crippen LogP contribution in [0.1, 0.15) is 71.6 Å². The van der Waals surface area contributed by atoms with Crippen molar-refractivity contribution >= 4 is 11.8 Å². The van der Waals surface area contributed by atoms with Crippen molar-refractivity contribution < 1.29 is 9.59 Å². The Morgan fingerprint density at radius 2 is 1.78 bits per heavy atom. The molecule has 0 radical (unpaired) electrons. The highest BCUT2D eigenvalue weighted by Crippen LogP contribution is 2.39. The minimum absolute atomic E-state index is 0.00860. The van der Waals surface area contributed by atoms with E-state index < -0.39 is 0 Å². The summed E-state index contributed by atoms with van der Waals surface area (Å²) in [5.74, 6) is 2.57. The van der Waals surface area contributed by atoms with E-state index in [1.54, 1.807) is 0 Å². The Morgan fingerprint density at radius 1 is 0.969 bits per heavy atom. The molecule has 2 amide bonds. The number of fused-ring (bicyclic) bond motifs is 1. The third-order valence-electron chi connectivity index (χ3n) is 9.33. The fraction of sp³-hybridized carbons (Fsp3) is 0.920. The van der Waals surface area contributed by atoms with Gasteiger partial charge in [-0.05, 0) is 75.0 Å². The maximum atomic E-state index is 13.3. The second-order valence-corrected chi connectivity index (χ2v) is 11.7. The molecular formula is C25H43N5O2. The third kappa shape index (κ3) is 4.58. The molecule has 8 unspecified atom stereocenters. The number of amides is 2. The maximum Gasteiger partial charge on any atom is 0.237 e. The minimum atomic E-state index is -0.0455. The van der Waals surface area contributed by atoms with Crippen LogP contribution in [-0.2, 0) is 9.59 Å². The smallest absolute Gasteiger partial charge is 0.237 e. The van der Waals surface area contributed by atoms with E-state index in [0.717, 1.165) is 25.7 Å². The highest BCUT2D eigenvalue weighted by molar-refractivity contribution is 5.82. The molecule has 7 heteroatoms. The molecule has 0 spiro atoms. The van der Waals surface area contributed by atoms with Gasteiger partial charge < -0.3 is 27.0 Å². The van der Waals surface area contributed by atoms with Gasteiger partial charge in [-0.1, -0.05) is 20.3 Å². The van der Waals surface area contributed by atoms with Crippen LogP contribution < -0.4 is 27.0 Å². The van der Waals surface area contributed by atoms with Crippen LogP contribution in [0.25, 0.3) is 0 Å². The Morgan fingerprint density at radius 3 is 2.41 bits per heavy atom. The Bertz CT molecular complexity index is 712. The molecule has 5 rings (SSSR count). The van der Waals surface area contributed by atoms with Gasteiger partial charge in [-0.15, -0.1) is 0 Å². The zero-order chi connectivity index (χ0) is 22.4. The molecule has 32 heavy (non-hydrogen) atoms. The number of carbonyl (C=O) groups excluding carboxylic acids is 2. The summed E-state index contributed by atoms with van der Waals surface area (Å²) in [6.45, 7) is 5.25. The summed E-state index contributed by atoms with van der Waals surface area (Å²) >= 11 is 0. The number of hydrogen-bond donors (Lipinski definition) is 5. The maximum absolute atomic E-state index is 13.3. The van der Waals surface area contributed by atoms with Crippen molar-refractivity contribution in [1.29, 1.82) is 0 Å². The number of hydrogen-bond acceptors (Lipinski definition) is 5. The van der Waals surface area contributed by atoms with Crippen LogP contribution in [0.5, 0.6) is 0 Å². The largest absolute Gasteiger partial charge is 0.352 e. The van der Waals surface area contributed by atoms with Crippen molar-refractivity contribution in [2.75, 3.05) is 6.54 Å². The molecule has 180 valence electrons. The molecule has 7 nitrogen and oxygen atoms in total. The molecule has 5 fully saturated rings. The Labute approximate surface area is 192 Å². The van der Waals surface area contributed by atoms with Crippen LogP contribution in [0.4, 0.5) is 0 Å². The summed E-state index contributed by atoms with van der Waals surface area (Å²) in [4.78, 5) is 26.0. The normalized spacial score (nSPS) is 44.8. The van der Waals surface area contributed by atoms with Gasteiger partial charge in [0.05, 0.1) is 12.0 Å².